The van der Waals surface area contributed by atoms with E-state index in [0.29, 0.717) is 11.4 Å². The molecule has 23 heavy (non-hydrogen) atoms. The Hall–Kier alpha value is -2.95. The smallest absolute Gasteiger partial charge is 0.252 e. The average Bonchev–Trinajstić information content (AvgIpc) is 3.00. The quantitative estimate of drug-likeness (QED) is 0.805. The number of rotatable bonds is 4. The van der Waals surface area contributed by atoms with E-state index < -0.39 is 6.04 Å². The average molecular weight is 309 g/mol. The van der Waals surface area contributed by atoms with Crippen molar-refractivity contribution in [3.63, 3.8) is 0 Å². The summed E-state index contributed by atoms with van der Waals surface area (Å²) in [4.78, 5) is 16.8. The number of aryl methyl sites for hydroxylation is 1. The summed E-state index contributed by atoms with van der Waals surface area (Å²) in [5.74, 6) is 0.158. The van der Waals surface area contributed by atoms with E-state index in [9.17, 15) is 9.18 Å². The molecular weight excluding hydrogens is 293 g/mol. The number of hydrogen-bond donors (Lipinski definition) is 1. The number of carbonyl (C=O) groups excluding carboxylic acids is 1. The van der Waals surface area contributed by atoms with Crippen LogP contribution in [0.1, 0.15) is 27.8 Å². The number of halogens is 1. The molecule has 2 aromatic carbocycles. The van der Waals surface area contributed by atoms with Crippen molar-refractivity contribution in [1.82, 2.24) is 14.9 Å². The molecule has 1 aromatic heterocycles. The zero-order valence-electron chi connectivity index (χ0n) is 12.6. The first kappa shape index (κ1) is 15.0. The van der Waals surface area contributed by atoms with Crippen LogP contribution in [0.5, 0.6) is 0 Å². The number of nitrogens with zero attached hydrogens (tertiary/aromatic N) is 2. The van der Waals surface area contributed by atoms with Gasteiger partial charge in [-0.3, -0.25) is 4.79 Å². The molecular formula is C18H16FN3O. The second-order valence-corrected chi connectivity index (χ2v) is 5.22. The molecule has 0 fully saturated rings. The van der Waals surface area contributed by atoms with E-state index in [2.05, 4.69) is 10.3 Å². The minimum absolute atomic E-state index is 0.206. The molecule has 116 valence electrons. The topological polar surface area (TPSA) is 46.9 Å². The van der Waals surface area contributed by atoms with Crippen molar-refractivity contribution in [3.05, 3.63) is 89.8 Å². The SMILES string of the molecule is Cn1ccnc1C(NC(=O)c1ccccc1)c1ccc(F)cc1. The van der Waals surface area contributed by atoms with Crippen molar-refractivity contribution in [2.75, 3.05) is 0 Å². The lowest BCUT2D eigenvalue weighted by molar-refractivity contribution is 0.0941. The highest BCUT2D eigenvalue weighted by Crippen LogP contribution is 2.21. The predicted molar refractivity (Wildman–Crippen MR) is 85.4 cm³/mol. The summed E-state index contributed by atoms with van der Waals surface area (Å²) in [5, 5.41) is 2.97. The summed E-state index contributed by atoms with van der Waals surface area (Å²) < 4.78 is 15.0. The maximum atomic E-state index is 13.2. The van der Waals surface area contributed by atoms with Crippen LogP contribution >= 0.6 is 0 Å². The maximum absolute atomic E-state index is 13.2. The van der Waals surface area contributed by atoms with Gasteiger partial charge in [0.2, 0.25) is 0 Å². The maximum Gasteiger partial charge on any atom is 0.252 e. The van der Waals surface area contributed by atoms with Gasteiger partial charge in [0.05, 0.1) is 0 Å². The van der Waals surface area contributed by atoms with Gasteiger partial charge in [-0.15, -0.1) is 0 Å². The Morgan fingerprint density at radius 1 is 1.13 bits per heavy atom. The third-order valence-electron chi connectivity index (χ3n) is 3.63. The molecule has 0 bridgehead atoms. The lowest BCUT2D eigenvalue weighted by Crippen LogP contribution is -2.31. The Morgan fingerprint density at radius 2 is 1.83 bits per heavy atom. The molecule has 1 heterocycles. The van der Waals surface area contributed by atoms with Crippen LogP contribution in [0.3, 0.4) is 0 Å². The van der Waals surface area contributed by atoms with Gasteiger partial charge in [-0.05, 0) is 29.8 Å². The second kappa shape index (κ2) is 6.44. The number of imidazole rings is 1. The Morgan fingerprint density at radius 3 is 2.43 bits per heavy atom. The molecule has 1 amide bonds. The van der Waals surface area contributed by atoms with Crippen molar-refractivity contribution < 1.29 is 9.18 Å². The first-order chi connectivity index (χ1) is 11.1. The van der Waals surface area contributed by atoms with Crippen molar-refractivity contribution in [1.29, 1.82) is 0 Å². The van der Waals surface area contributed by atoms with Crippen molar-refractivity contribution >= 4 is 5.91 Å². The Kier molecular flexibility index (Phi) is 4.19. The largest absolute Gasteiger partial charge is 0.338 e. The van der Waals surface area contributed by atoms with E-state index in [1.54, 1.807) is 36.7 Å². The second-order valence-electron chi connectivity index (χ2n) is 5.22. The van der Waals surface area contributed by atoms with Gasteiger partial charge in [0.1, 0.15) is 17.7 Å². The fraction of sp³-hybridized carbons (Fsp3) is 0.111. The fourth-order valence-corrected chi connectivity index (χ4v) is 2.41. The van der Waals surface area contributed by atoms with Crippen LogP contribution in [0.15, 0.2) is 67.0 Å². The van der Waals surface area contributed by atoms with Gasteiger partial charge < -0.3 is 9.88 Å². The van der Waals surface area contributed by atoms with Crippen LogP contribution in [-0.2, 0) is 7.05 Å². The summed E-state index contributed by atoms with van der Waals surface area (Å²) in [5.41, 5.74) is 1.33. The summed E-state index contributed by atoms with van der Waals surface area (Å²) >= 11 is 0. The third-order valence-corrected chi connectivity index (χ3v) is 3.63. The van der Waals surface area contributed by atoms with Crippen LogP contribution < -0.4 is 5.32 Å². The van der Waals surface area contributed by atoms with E-state index in [-0.39, 0.29) is 11.7 Å². The molecule has 0 aliphatic carbocycles. The Labute approximate surface area is 133 Å². The number of nitrogens with one attached hydrogen (secondary N) is 1. The number of benzene rings is 2. The van der Waals surface area contributed by atoms with E-state index >= 15 is 0 Å². The van der Waals surface area contributed by atoms with Gasteiger partial charge in [0.25, 0.3) is 5.91 Å². The van der Waals surface area contributed by atoms with Gasteiger partial charge in [-0.25, -0.2) is 9.37 Å². The molecule has 0 spiro atoms. The Balaban J connectivity index is 1.94. The van der Waals surface area contributed by atoms with Crippen LogP contribution in [0.25, 0.3) is 0 Å². The predicted octanol–water partition coefficient (Wildman–Crippen LogP) is 3.08. The molecule has 3 aromatic rings. The molecule has 0 aliphatic rings. The molecule has 1 N–H and O–H groups in total. The molecule has 3 rings (SSSR count). The fourth-order valence-electron chi connectivity index (χ4n) is 2.41. The van der Waals surface area contributed by atoms with E-state index in [0.717, 1.165) is 5.56 Å². The number of aromatic nitrogens is 2. The highest BCUT2D eigenvalue weighted by molar-refractivity contribution is 5.94. The molecule has 4 nitrogen and oxygen atoms in total. The van der Waals surface area contributed by atoms with E-state index in [1.807, 2.05) is 29.8 Å². The van der Waals surface area contributed by atoms with Crippen LogP contribution in [0.4, 0.5) is 4.39 Å². The van der Waals surface area contributed by atoms with Crippen molar-refractivity contribution in [2.24, 2.45) is 7.05 Å². The minimum Gasteiger partial charge on any atom is -0.338 e. The van der Waals surface area contributed by atoms with Crippen LogP contribution in [-0.4, -0.2) is 15.5 Å². The summed E-state index contributed by atoms with van der Waals surface area (Å²) in [7, 11) is 1.85. The van der Waals surface area contributed by atoms with Crippen LogP contribution in [0.2, 0.25) is 0 Å². The number of carbonyl (C=O) groups is 1. The molecule has 5 heteroatoms. The van der Waals surface area contributed by atoms with Gasteiger partial charge >= 0.3 is 0 Å². The zero-order valence-corrected chi connectivity index (χ0v) is 12.6. The number of hydrogen-bond acceptors (Lipinski definition) is 2. The summed E-state index contributed by atoms with van der Waals surface area (Å²) in [6.45, 7) is 0. The lowest BCUT2D eigenvalue weighted by Gasteiger charge is -2.19. The molecule has 0 aliphatic heterocycles. The molecule has 1 unspecified atom stereocenters. The first-order valence-electron chi connectivity index (χ1n) is 7.24. The summed E-state index contributed by atoms with van der Waals surface area (Å²) in [6.07, 6.45) is 3.47. The highest BCUT2D eigenvalue weighted by atomic mass is 19.1. The van der Waals surface area contributed by atoms with Crippen molar-refractivity contribution in [3.8, 4) is 0 Å². The molecule has 0 radical (unpaired) electrons. The summed E-state index contributed by atoms with van der Waals surface area (Å²) in [6, 6.07) is 14.6. The van der Waals surface area contributed by atoms with Gasteiger partial charge in [-0.1, -0.05) is 30.3 Å². The van der Waals surface area contributed by atoms with Crippen molar-refractivity contribution in [2.45, 2.75) is 6.04 Å². The van der Waals surface area contributed by atoms with E-state index in [4.69, 9.17) is 0 Å². The monoisotopic (exact) mass is 309 g/mol. The minimum atomic E-state index is -0.455. The molecule has 0 saturated heterocycles. The third kappa shape index (κ3) is 3.29. The van der Waals surface area contributed by atoms with Crippen LogP contribution in [0, 0.1) is 5.82 Å². The molecule has 0 saturated carbocycles. The first-order valence-corrected chi connectivity index (χ1v) is 7.24. The van der Waals surface area contributed by atoms with Gasteiger partial charge in [0.15, 0.2) is 0 Å². The van der Waals surface area contributed by atoms with Gasteiger partial charge in [-0.2, -0.15) is 0 Å². The lowest BCUT2D eigenvalue weighted by atomic mass is 10.1. The van der Waals surface area contributed by atoms with E-state index in [1.165, 1.54) is 12.1 Å². The standard InChI is InChI=1S/C18H16FN3O/c1-22-12-11-20-17(22)16(13-7-9-15(19)10-8-13)21-18(23)14-5-3-2-4-6-14/h2-12,16H,1H3,(H,21,23). The molecule has 1 atom stereocenters. The number of amides is 1. The highest BCUT2D eigenvalue weighted by Gasteiger charge is 2.21. The zero-order chi connectivity index (χ0) is 16.2. The normalized spacial score (nSPS) is 11.9. The van der Waals surface area contributed by atoms with Gasteiger partial charge in [0, 0.05) is 25.0 Å². The Bertz CT molecular complexity index is 797.